The summed E-state index contributed by atoms with van der Waals surface area (Å²) in [4.78, 5) is 2.52. The normalized spacial score (nSPS) is 17.8. The Morgan fingerprint density at radius 2 is 1.78 bits per heavy atom. The molecule has 0 aliphatic carbocycles. The highest BCUT2D eigenvalue weighted by atomic mass is 16.7. The van der Waals surface area contributed by atoms with Crippen LogP contribution in [0.3, 0.4) is 0 Å². The van der Waals surface area contributed by atoms with Crippen molar-refractivity contribution in [1.82, 2.24) is 4.90 Å². The van der Waals surface area contributed by atoms with Gasteiger partial charge in [0.2, 0.25) is 6.79 Å². The van der Waals surface area contributed by atoms with Gasteiger partial charge in [-0.2, -0.15) is 0 Å². The summed E-state index contributed by atoms with van der Waals surface area (Å²) in [5, 5.41) is 0. The van der Waals surface area contributed by atoms with E-state index < -0.39 is 0 Å². The second kappa shape index (κ2) is 7.52. The van der Waals surface area contributed by atoms with Gasteiger partial charge in [-0.15, -0.1) is 0 Å². The lowest BCUT2D eigenvalue weighted by Crippen LogP contribution is -2.36. The smallest absolute Gasteiger partial charge is 0.231 e. The molecule has 0 radical (unpaired) electrons. The first-order chi connectivity index (χ1) is 15.8. The summed E-state index contributed by atoms with van der Waals surface area (Å²) in [7, 11) is 3.42. The maximum absolute atomic E-state index is 5.89. The summed E-state index contributed by atoms with van der Waals surface area (Å²) < 4.78 is 22.9. The molecule has 6 rings (SSSR count). The summed E-state index contributed by atoms with van der Waals surface area (Å²) in [6.07, 6.45) is 4.11. The molecule has 3 aliphatic rings. The van der Waals surface area contributed by atoms with Crippen molar-refractivity contribution in [2.45, 2.75) is 18.9 Å². The van der Waals surface area contributed by atoms with Gasteiger partial charge in [-0.05, 0) is 53.8 Å². The van der Waals surface area contributed by atoms with Crippen molar-refractivity contribution in [1.29, 1.82) is 0 Å². The minimum Gasteiger partial charge on any atom is -0.493 e. The Morgan fingerprint density at radius 1 is 0.969 bits per heavy atom. The largest absolute Gasteiger partial charge is 0.493 e. The van der Waals surface area contributed by atoms with Gasteiger partial charge in [0.15, 0.2) is 23.0 Å². The fourth-order valence-electron chi connectivity index (χ4n) is 5.22. The highest BCUT2D eigenvalue weighted by Crippen LogP contribution is 2.50. The van der Waals surface area contributed by atoms with Gasteiger partial charge in [0.05, 0.1) is 20.3 Å². The van der Waals surface area contributed by atoms with E-state index in [1.54, 1.807) is 14.2 Å². The highest BCUT2D eigenvalue weighted by molar-refractivity contribution is 5.88. The monoisotopic (exact) mass is 427 g/mol. The zero-order valence-electron chi connectivity index (χ0n) is 18.3. The Labute approximate surface area is 187 Å². The van der Waals surface area contributed by atoms with E-state index in [1.807, 2.05) is 6.07 Å². The molecule has 162 valence electrons. The number of benzene rings is 3. The molecule has 32 heavy (non-hydrogen) atoms. The fourth-order valence-corrected chi connectivity index (χ4v) is 5.22. The van der Waals surface area contributed by atoms with E-state index in [-0.39, 0.29) is 12.8 Å². The van der Waals surface area contributed by atoms with Crippen LogP contribution in [0.1, 0.15) is 33.9 Å². The van der Waals surface area contributed by atoms with E-state index in [0.29, 0.717) is 0 Å². The molecule has 0 fully saturated rings. The second-order valence-corrected chi connectivity index (χ2v) is 8.35. The minimum atomic E-state index is 0.135. The van der Waals surface area contributed by atoms with Crippen LogP contribution < -0.4 is 18.9 Å². The van der Waals surface area contributed by atoms with Crippen LogP contribution in [0.5, 0.6) is 23.0 Å². The molecule has 0 aromatic heterocycles. The van der Waals surface area contributed by atoms with E-state index in [1.165, 1.54) is 33.5 Å². The van der Waals surface area contributed by atoms with Gasteiger partial charge in [-0.3, -0.25) is 0 Å². The third-order valence-electron chi connectivity index (χ3n) is 6.70. The predicted molar refractivity (Wildman–Crippen MR) is 123 cm³/mol. The number of hydrogen-bond acceptors (Lipinski definition) is 5. The fraction of sp³-hybridized carbons (Fsp3) is 0.259. The van der Waals surface area contributed by atoms with Crippen molar-refractivity contribution in [3.63, 3.8) is 0 Å². The van der Waals surface area contributed by atoms with E-state index in [9.17, 15) is 0 Å². The Hall–Kier alpha value is -3.60. The summed E-state index contributed by atoms with van der Waals surface area (Å²) >= 11 is 0. The number of methoxy groups -OCH3 is 2. The average molecular weight is 428 g/mol. The van der Waals surface area contributed by atoms with E-state index >= 15 is 0 Å². The van der Waals surface area contributed by atoms with Crippen molar-refractivity contribution in [3.05, 3.63) is 82.4 Å². The topological polar surface area (TPSA) is 40.2 Å². The molecular weight excluding hydrogens is 402 g/mol. The third kappa shape index (κ3) is 2.92. The van der Waals surface area contributed by atoms with Crippen molar-refractivity contribution < 1.29 is 18.9 Å². The van der Waals surface area contributed by atoms with Gasteiger partial charge in [-0.1, -0.05) is 36.4 Å². The minimum absolute atomic E-state index is 0.135. The predicted octanol–water partition coefficient (Wildman–Crippen LogP) is 5.09. The van der Waals surface area contributed by atoms with E-state index in [0.717, 1.165) is 42.4 Å². The maximum atomic E-state index is 5.89. The zero-order valence-corrected chi connectivity index (χ0v) is 18.3. The first-order valence-corrected chi connectivity index (χ1v) is 11.0. The van der Waals surface area contributed by atoms with Crippen LogP contribution in [0.4, 0.5) is 0 Å². The lowest BCUT2D eigenvalue weighted by molar-refractivity contribution is 0.174. The molecule has 0 unspecified atom stereocenters. The number of fused-ring (bicyclic) bond motifs is 5. The van der Waals surface area contributed by atoms with Crippen molar-refractivity contribution in [2.24, 2.45) is 0 Å². The first kappa shape index (κ1) is 19.1. The van der Waals surface area contributed by atoms with Crippen LogP contribution in [-0.2, 0) is 12.8 Å². The molecule has 1 atom stereocenters. The Bertz CT molecular complexity index is 1220. The molecule has 3 heterocycles. The molecule has 0 bridgehead atoms. The van der Waals surface area contributed by atoms with Gasteiger partial charge >= 0.3 is 0 Å². The van der Waals surface area contributed by atoms with Gasteiger partial charge in [0.25, 0.3) is 0 Å². The number of rotatable bonds is 4. The van der Waals surface area contributed by atoms with Crippen LogP contribution in [0, 0.1) is 0 Å². The summed E-state index contributed by atoms with van der Waals surface area (Å²) in [5.41, 5.74) is 7.40. The Morgan fingerprint density at radius 3 is 2.56 bits per heavy atom. The van der Waals surface area contributed by atoms with Gasteiger partial charge in [0.1, 0.15) is 0 Å². The van der Waals surface area contributed by atoms with Gasteiger partial charge in [-0.25, -0.2) is 0 Å². The molecule has 3 aliphatic heterocycles. The van der Waals surface area contributed by atoms with Gasteiger partial charge in [0, 0.05) is 23.4 Å². The molecule has 5 nitrogen and oxygen atoms in total. The summed E-state index contributed by atoms with van der Waals surface area (Å²) in [6.45, 7) is 1.22. The van der Waals surface area contributed by atoms with Crippen LogP contribution in [0.2, 0.25) is 0 Å². The number of ether oxygens (including phenoxy) is 4. The Balaban J connectivity index is 1.54. The average Bonchev–Trinajstić information content (AvgIpc) is 3.30. The second-order valence-electron chi connectivity index (χ2n) is 8.35. The molecule has 0 saturated heterocycles. The van der Waals surface area contributed by atoms with Gasteiger partial charge < -0.3 is 23.8 Å². The zero-order chi connectivity index (χ0) is 21.7. The highest BCUT2D eigenvalue weighted by Gasteiger charge is 2.36. The van der Waals surface area contributed by atoms with Crippen molar-refractivity contribution >= 4 is 11.8 Å². The molecule has 0 amide bonds. The maximum Gasteiger partial charge on any atom is 0.231 e. The van der Waals surface area contributed by atoms with Crippen LogP contribution in [-0.4, -0.2) is 32.5 Å². The lowest BCUT2D eigenvalue weighted by Gasteiger charge is -2.43. The Kier molecular flexibility index (Phi) is 4.49. The SMILES string of the molecule is COc1ccc2c(c1OC)[C@@H](Cc1ccccc1)N1CCc3cc4c(cc3C1=C2)OCO4. The van der Waals surface area contributed by atoms with E-state index in [4.69, 9.17) is 18.9 Å². The van der Waals surface area contributed by atoms with Crippen LogP contribution in [0.25, 0.3) is 11.8 Å². The molecule has 3 aromatic carbocycles. The molecule has 0 saturated carbocycles. The molecule has 5 heteroatoms. The van der Waals surface area contributed by atoms with Crippen molar-refractivity contribution in [2.75, 3.05) is 27.6 Å². The first-order valence-electron chi connectivity index (χ1n) is 11.0. The van der Waals surface area contributed by atoms with Crippen LogP contribution in [0.15, 0.2) is 54.6 Å². The quantitative estimate of drug-likeness (QED) is 0.580. The van der Waals surface area contributed by atoms with Crippen LogP contribution >= 0.6 is 0 Å². The molecule has 0 spiro atoms. The molecular formula is C27H25NO4. The number of hydrogen-bond donors (Lipinski definition) is 0. The standard InChI is InChI=1S/C27H25NO4/c1-29-23-9-8-19-13-21-20-15-25-24(31-16-32-25)14-18(20)10-11-28(21)22(26(19)27(23)30-2)12-17-6-4-3-5-7-17/h3-9,13-15,22H,10-12,16H2,1-2H3/t22-/m1/s1. The lowest BCUT2D eigenvalue weighted by atomic mass is 9.84. The summed E-state index contributed by atoms with van der Waals surface area (Å²) in [6, 6.07) is 19.2. The third-order valence-corrected chi connectivity index (χ3v) is 6.70. The molecule has 3 aromatic rings. The number of nitrogens with zero attached hydrogens (tertiary/aromatic N) is 1. The summed E-state index contributed by atoms with van der Waals surface area (Å²) in [5.74, 6) is 3.25. The van der Waals surface area contributed by atoms with Crippen molar-refractivity contribution in [3.8, 4) is 23.0 Å². The van der Waals surface area contributed by atoms with E-state index in [2.05, 4.69) is 59.5 Å². The molecule has 0 N–H and O–H groups in total.